The Morgan fingerprint density at radius 1 is 0.829 bits per heavy atom. The van der Waals surface area contributed by atoms with Crippen LogP contribution in [0.25, 0.3) is 11.1 Å². The summed E-state index contributed by atoms with van der Waals surface area (Å²) in [4.78, 5) is 49.8. The molecule has 1 heterocycles. The van der Waals surface area contributed by atoms with Crippen LogP contribution in [-0.4, -0.2) is 23.8 Å². The molecular formula is C28H19NO6. The van der Waals surface area contributed by atoms with Crippen LogP contribution in [0, 0.1) is 0 Å². The van der Waals surface area contributed by atoms with Crippen LogP contribution in [0.15, 0.2) is 85.7 Å². The van der Waals surface area contributed by atoms with Crippen molar-refractivity contribution < 1.29 is 28.7 Å². The summed E-state index contributed by atoms with van der Waals surface area (Å²) in [6.45, 7) is 5.35. The van der Waals surface area contributed by atoms with Gasteiger partial charge in [-0.2, -0.15) is 0 Å². The monoisotopic (exact) mass is 465 g/mol. The topological polar surface area (TPSA) is 90.0 Å². The molecule has 3 aromatic rings. The lowest BCUT2D eigenvalue weighted by atomic mass is 9.97. The summed E-state index contributed by atoms with van der Waals surface area (Å²) >= 11 is 0. The Hall–Kier alpha value is -4.78. The summed E-state index contributed by atoms with van der Waals surface area (Å²) in [5, 5.41) is 0. The Morgan fingerprint density at radius 3 is 2.09 bits per heavy atom. The van der Waals surface area contributed by atoms with Crippen molar-refractivity contribution in [3.05, 3.63) is 108 Å². The van der Waals surface area contributed by atoms with Gasteiger partial charge in [-0.05, 0) is 70.8 Å². The predicted molar refractivity (Wildman–Crippen MR) is 128 cm³/mol. The molecule has 0 radical (unpaired) electrons. The standard InChI is InChI=1S/C28H19NO6/c1-3-34-27(32)17-4-8-20(9-5-17)35-28(33)18-6-10-21-22-11-7-19(29-25(30)12-13-26(29)31)15-24(22)16(2)23(21)14-18/h3-16H,1H2,2H3. The van der Waals surface area contributed by atoms with E-state index in [4.69, 9.17) is 9.47 Å². The Kier molecular flexibility index (Phi) is 5.37. The van der Waals surface area contributed by atoms with Crippen LogP contribution in [-0.2, 0) is 14.3 Å². The molecule has 35 heavy (non-hydrogen) atoms. The van der Waals surface area contributed by atoms with Crippen molar-refractivity contribution in [2.45, 2.75) is 12.8 Å². The molecule has 2 amide bonds. The highest BCUT2D eigenvalue weighted by atomic mass is 16.5. The Morgan fingerprint density at radius 2 is 1.43 bits per heavy atom. The van der Waals surface area contributed by atoms with Crippen LogP contribution in [0.2, 0.25) is 0 Å². The van der Waals surface area contributed by atoms with Crippen molar-refractivity contribution in [2.75, 3.05) is 4.90 Å². The fourth-order valence-electron chi connectivity index (χ4n) is 4.38. The van der Waals surface area contributed by atoms with Crippen LogP contribution in [0.1, 0.15) is 44.7 Å². The van der Waals surface area contributed by atoms with Crippen LogP contribution < -0.4 is 9.64 Å². The maximum absolute atomic E-state index is 12.8. The minimum atomic E-state index is -0.553. The molecule has 0 fully saturated rings. The highest BCUT2D eigenvalue weighted by Crippen LogP contribution is 2.46. The van der Waals surface area contributed by atoms with Crippen molar-refractivity contribution >= 4 is 29.4 Å². The number of imide groups is 1. The maximum atomic E-state index is 12.8. The van der Waals surface area contributed by atoms with Gasteiger partial charge in [-0.25, -0.2) is 14.5 Å². The number of carbonyl (C=O) groups excluding carboxylic acids is 4. The summed E-state index contributed by atoms with van der Waals surface area (Å²) in [6, 6.07) is 16.9. The van der Waals surface area contributed by atoms with Gasteiger partial charge < -0.3 is 9.47 Å². The molecule has 0 spiro atoms. The van der Waals surface area contributed by atoms with Gasteiger partial charge >= 0.3 is 11.9 Å². The second kappa shape index (κ2) is 8.53. The average molecular weight is 465 g/mol. The number of benzene rings is 3. The number of ether oxygens (including phenoxy) is 2. The summed E-state index contributed by atoms with van der Waals surface area (Å²) in [5.74, 6) is -1.58. The largest absolute Gasteiger partial charge is 0.432 e. The molecule has 2 aliphatic rings. The lowest BCUT2D eigenvalue weighted by molar-refractivity contribution is -0.120. The second-order valence-electron chi connectivity index (χ2n) is 8.13. The first-order valence-electron chi connectivity index (χ1n) is 10.9. The molecule has 7 nitrogen and oxygen atoms in total. The third-order valence-corrected chi connectivity index (χ3v) is 6.10. The summed E-state index contributed by atoms with van der Waals surface area (Å²) in [5.41, 5.74) is 5.10. The van der Waals surface area contributed by atoms with E-state index in [9.17, 15) is 19.2 Å². The third kappa shape index (κ3) is 3.83. The third-order valence-electron chi connectivity index (χ3n) is 6.10. The smallest absolute Gasteiger partial charge is 0.343 e. The zero-order valence-corrected chi connectivity index (χ0v) is 18.7. The van der Waals surface area contributed by atoms with Gasteiger partial charge in [0, 0.05) is 18.1 Å². The quantitative estimate of drug-likeness (QED) is 0.233. The number of amides is 2. The fourth-order valence-corrected chi connectivity index (χ4v) is 4.38. The van der Waals surface area contributed by atoms with Crippen molar-refractivity contribution in [2.24, 2.45) is 0 Å². The van der Waals surface area contributed by atoms with E-state index in [1.54, 1.807) is 18.2 Å². The van der Waals surface area contributed by atoms with Gasteiger partial charge in [0.25, 0.3) is 11.8 Å². The zero-order chi connectivity index (χ0) is 24.7. The first-order valence-corrected chi connectivity index (χ1v) is 10.9. The van der Waals surface area contributed by atoms with E-state index < -0.39 is 11.9 Å². The summed E-state index contributed by atoms with van der Waals surface area (Å²) < 4.78 is 10.2. The molecule has 0 saturated carbocycles. The number of esters is 2. The van der Waals surface area contributed by atoms with E-state index in [0.29, 0.717) is 22.6 Å². The number of carbonyl (C=O) groups is 4. The van der Waals surface area contributed by atoms with E-state index in [1.807, 2.05) is 25.1 Å². The molecule has 3 aromatic carbocycles. The molecule has 1 unspecified atom stereocenters. The van der Waals surface area contributed by atoms with Crippen LogP contribution >= 0.6 is 0 Å². The van der Waals surface area contributed by atoms with Crippen molar-refractivity contribution in [1.82, 2.24) is 0 Å². The molecule has 0 aromatic heterocycles. The van der Waals surface area contributed by atoms with Gasteiger partial charge in [0.2, 0.25) is 0 Å². The molecule has 0 bridgehead atoms. The molecule has 172 valence electrons. The number of hydrogen-bond acceptors (Lipinski definition) is 6. The normalized spacial score (nSPS) is 15.6. The summed E-state index contributed by atoms with van der Waals surface area (Å²) in [6.07, 6.45) is 3.56. The van der Waals surface area contributed by atoms with Crippen LogP contribution in [0.5, 0.6) is 5.75 Å². The number of hydrogen-bond donors (Lipinski definition) is 0. The fraction of sp³-hybridized carbons (Fsp3) is 0.0714. The SMILES string of the molecule is C=COC(=O)c1ccc(OC(=O)c2ccc3c(c2)C(C)c2cc(N4C(=O)C=CC4=O)ccc2-3)cc1. The van der Waals surface area contributed by atoms with Gasteiger partial charge in [0.15, 0.2) is 0 Å². The average Bonchev–Trinajstić information content (AvgIpc) is 3.34. The Labute approximate surface area is 200 Å². The van der Waals surface area contributed by atoms with Gasteiger partial charge in [0.1, 0.15) is 5.75 Å². The minimum absolute atomic E-state index is 0.0522. The van der Waals surface area contributed by atoms with E-state index in [2.05, 4.69) is 6.58 Å². The number of anilines is 1. The van der Waals surface area contributed by atoms with Crippen molar-refractivity contribution in [1.29, 1.82) is 0 Å². The number of fused-ring (bicyclic) bond motifs is 3. The molecule has 1 aliphatic heterocycles. The molecule has 0 saturated heterocycles. The van der Waals surface area contributed by atoms with Crippen molar-refractivity contribution in [3.63, 3.8) is 0 Å². The molecular weight excluding hydrogens is 446 g/mol. The predicted octanol–water partition coefficient (Wildman–Crippen LogP) is 4.77. The first kappa shape index (κ1) is 22.0. The van der Waals surface area contributed by atoms with Crippen LogP contribution in [0.3, 0.4) is 0 Å². The number of nitrogens with zero attached hydrogens (tertiary/aromatic N) is 1. The molecule has 1 atom stereocenters. The van der Waals surface area contributed by atoms with Gasteiger partial charge in [-0.15, -0.1) is 0 Å². The summed E-state index contributed by atoms with van der Waals surface area (Å²) in [7, 11) is 0. The molecule has 0 N–H and O–H groups in total. The Bertz CT molecular complexity index is 1430. The highest BCUT2D eigenvalue weighted by Gasteiger charge is 2.30. The van der Waals surface area contributed by atoms with Crippen molar-refractivity contribution in [3.8, 4) is 16.9 Å². The number of rotatable bonds is 5. The molecule has 5 rings (SSSR count). The zero-order valence-electron chi connectivity index (χ0n) is 18.7. The van der Waals surface area contributed by atoms with Gasteiger partial charge in [0.05, 0.1) is 23.1 Å². The minimum Gasteiger partial charge on any atom is -0.432 e. The van der Waals surface area contributed by atoms with Gasteiger partial charge in [-0.3, -0.25) is 9.59 Å². The second-order valence-corrected chi connectivity index (χ2v) is 8.13. The molecule has 7 heteroatoms. The first-order chi connectivity index (χ1) is 16.9. The lowest BCUT2D eigenvalue weighted by Gasteiger charge is -2.16. The van der Waals surface area contributed by atoms with Gasteiger partial charge in [-0.1, -0.05) is 25.6 Å². The van der Waals surface area contributed by atoms with E-state index in [-0.39, 0.29) is 17.7 Å². The van der Waals surface area contributed by atoms with Crippen LogP contribution in [0.4, 0.5) is 5.69 Å². The lowest BCUT2D eigenvalue weighted by Crippen LogP contribution is -2.29. The molecule has 1 aliphatic carbocycles. The maximum Gasteiger partial charge on any atom is 0.343 e. The van der Waals surface area contributed by atoms with E-state index in [1.165, 1.54) is 36.4 Å². The van der Waals surface area contributed by atoms with E-state index in [0.717, 1.165) is 33.4 Å². The van der Waals surface area contributed by atoms with E-state index >= 15 is 0 Å². The highest BCUT2D eigenvalue weighted by molar-refractivity contribution is 6.28. The Balaban J connectivity index is 1.37.